The standard InChI is InChI=1S/C11H15FN2O3/c1-11(2,13)7-17-6-8-3-4-10(14(15)16)9(12)5-8/h3-5H,6-7,13H2,1-2H3. The van der Waals surface area contributed by atoms with Crippen LogP contribution < -0.4 is 5.73 Å². The number of rotatable bonds is 5. The number of hydrogen-bond donors (Lipinski definition) is 1. The van der Waals surface area contributed by atoms with Crippen molar-refractivity contribution in [3.8, 4) is 0 Å². The maximum absolute atomic E-state index is 13.2. The summed E-state index contributed by atoms with van der Waals surface area (Å²) in [5.74, 6) is -0.858. The lowest BCUT2D eigenvalue weighted by atomic mass is 10.1. The minimum absolute atomic E-state index is 0.176. The van der Waals surface area contributed by atoms with Gasteiger partial charge in [0, 0.05) is 11.6 Å². The molecule has 1 rings (SSSR count). The molecule has 0 atom stereocenters. The molecule has 0 fully saturated rings. The molecule has 0 amide bonds. The van der Waals surface area contributed by atoms with E-state index in [0.29, 0.717) is 12.2 Å². The van der Waals surface area contributed by atoms with Crippen LogP contribution in [0.2, 0.25) is 0 Å². The molecule has 0 radical (unpaired) electrons. The summed E-state index contributed by atoms with van der Waals surface area (Å²) < 4.78 is 18.5. The van der Waals surface area contributed by atoms with E-state index in [1.165, 1.54) is 6.07 Å². The average Bonchev–Trinajstić information content (AvgIpc) is 2.15. The smallest absolute Gasteiger partial charge is 0.304 e. The highest BCUT2D eigenvalue weighted by molar-refractivity contribution is 5.34. The van der Waals surface area contributed by atoms with Gasteiger partial charge in [-0.15, -0.1) is 0 Å². The van der Waals surface area contributed by atoms with Gasteiger partial charge in [-0.2, -0.15) is 4.39 Å². The van der Waals surface area contributed by atoms with Gasteiger partial charge in [0.1, 0.15) is 0 Å². The lowest BCUT2D eigenvalue weighted by molar-refractivity contribution is -0.387. The van der Waals surface area contributed by atoms with E-state index in [1.807, 2.05) is 13.8 Å². The Hall–Kier alpha value is -1.53. The maximum Gasteiger partial charge on any atom is 0.304 e. The number of hydrogen-bond acceptors (Lipinski definition) is 4. The Balaban J connectivity index is 2.62. The van der Waals surface area contributed by atoms with Crippen LogP contribution in [0.1, 0.15) is 19.4 Å². The molecule has 0 bridgehead atoms. The molecular weight excluding hydrogens is 227 g/mol. The normalized spacial score (nSPS) is 11.5. The molecule has 0 aliphatic rings. The molecule has 94 valence electrons. The van der Waals surface area contributed by atoms with Crippen LogP contribution in [0.5, 0.6) is 0 Å². The first kappa shape index (κ1) is 13.5. The Kier molecular flexibility index (Phi) is 4.14. The molecule has 1 aromatic carbocycles. The van der Waals surface area contributed by atoms with Gasteiger partial charge in [-0.3, -0.25) is 10.1 Å². The van der Waals surface area contributed by atoms with Crippen molar-refractivity contribution in [3.05, 3.63) is 39.7 Å². The van der Waals surface area contributed by atoms with Crippen LogP contribution in [0.25, 0.3) is 0 Å². The topological polar surface area (TPSA) is 78.4 Å². The predicted octanol–water partition coefficient (Wildman–Crippen LogP) is 1.99. The minimum atomic E-state index is -0.858. The molecule has 0 aromatic heterocycles. The van der Waals surface area contributed by atoms with Crippen molar-refractivity contribution in [2.24, 2.45) is 5.73 Å². The van der Waals surface area contributed by atoms with Crippen molar-refractivity contribution in [2.45, 2.75) is 26.0 Å². The zero-order valence-electron chi connectivity index (χ0n) is 9.77. The lowest BCUT2D eigenvalue weighted by Gasteiger charge is -2.18. The van der Waals surface area contributed by atoms with Crippen molar-refractivity contribution in [1.29, 1.82) is 0 Å². The Morgan fingerprint density at radius 2 is 2.18 bits per heavy atom. The summed E-state index contributed by atoms with van der Waals surface area (Å²) in [4.78, 5) is 9.64. The fraction of sp³-hybridized carbons (Fsp3) is 0.455. The summed E-state index contributed by atoms with van der Waals surface area (Å²) in [6.07, 6.45) is 0. The van der Waals surface area contributed by atoms with Crippen LogP contribution in [0, 0.1) is 15.9 Å². The fourth-order valence-corrected chi connectivity index (χ4v) is 1.22. The summed E-state index contributed by atoms with van der Waals surface area (Å²) in [5.41, 5.74) is 5.25. The van der Waals surface area contributed by atoms with Gasteiger partial charge < -0.3 is 10.5 Å². The van der Waals surface area contributed by atoms with Crippen molar-refractivity contribution >= 4 is 5.69 Å². The Bertz CT molecular complexity index is 416. The number of benzene rings is 1. The van der Waals surface area contributed by atoms with Gasteiger partial charge in [0.15, 0.2) is 0 Å². The summed E-state index contributed by atoms with van der Waals surface area (Å²) >= 11 is 0. The average molecular weight is 242 g/mol. The molecule has 17 heavy (non-hydrogen) atoms. The van der Waals surface area contributed by atoms with Crippen LogP contribution in [0.4, 0.5) is 10.1 Å². The number of nitrogens with zero attached hydrogens (tertiary/aromatic N) is 1. The third-order valence-corrected chi connectivity index (χ3v) is 1.95. The predicted molar refractivity (Wildman–Crippen MR) is 61.0 cm³/mol. The largest absolute Gasteiger partial charge is 0.375 e. The first-order valence-electron chi connectivity index (χ1n) is 5.09. The first-order valence-corrected chi connectivity index (χ1v) is 5.09. The Labute approximate surface area is 98.5 Å². The minimum Gasteiger partial charge on any atom is -0.375 e. The molecular formula is C11H15FN2O3. The van der Waals surface area contributed by atoms with Gasteiger partial charge in [-0.1, -0.05) is 0 Å². The Morgan fingerprint density at radius 3 is 2.65 bits per heavy atom. The highest BCUT2D eigenvalue weighted by Gasteiger charge is 2.14. The molecule has 5 nitrogen and oxygen atoms in total. The van der Waals surface area contributed by atoms with E-state index in [9.17, 15) is 14.5 Å². The number of nitro benzene ring substituents is 1. The Morgan fingerprint density at radius 1 is 1.53 bits per heavy atom. The SMILES string of the molecule is CC(C)(N)COCc1ccc([N+](=O)[O-])c(F)c1. The van der Waals surface area contributed by atoms with E-state index in [-0.39, 0.29) is 6.61 Å². The molecule has 0 heterocycles. The number of nitro groups is 1. The highest BCUT2D eigenvalue weighted by atomic mass is 19.1. The summed E-state index contributed by atoms with van der Waals surface area (Å²) in [5, 5.41) is 10.4. The molecule has 0 aliphatic carbocycles. The van der Waals surface area contributed by atoms with Crippen LogP contribution in [-0.4, -0.2) is 17.1 Å². The van der Waals surface area contributed by atoms with E-state index in [4.69, 9.17) is 10.5 Å². The van der Waals surface area contributed by atoms with Gasteiger partial charge >= 0.3 is 5.69 Å². The van der Waals surface area contributed by atoms with E-state index in [1.54, 1.807) is 0 Å². The van der Waals surface area contributed by atoms with Gasteiger partial charge in [0.25, 0.3) is 0 Å². The summed E-state index contributed by atoms with van der Waals surface area (Å²) in [6, 6.07) is 3.69. The fourth-order valence-electron chi connectivity index (χ4n) is 1.22. The molecule has 0 spiro atoms. The maximum atomic E-state index is 13.2. The van der Waals surface area contributed by atoms with E-state index in [0.717, 1.165) is 12.1 Å². The van der Waals surface area contributed by atoms with Gasteiger partial charge in [-0.05, 0) is 31.5 Å². The molecule has 0 aliphatic heterocycles. The summed E-state index contributed by atoms with van der Waals surface area (Å²) in [7, 11) is 0. The number of ether oxygens (including phenoxy) is 1. The molecule has 0 saturated carbocycles. The molecule has 0 saturated heterocycles. The van der Waals surface area contributed by atoms with Crippen molar-refractivity contribution in [3.63, 3.8) is 0 Å². The van der Waals surface area contributed by atoms with Gasteiger partial charge in [0.2, 0.25) is 5.82 Å². The van der Waals surface area contributed by atoms with E-state index >= 15 is 0 Å². The third kappa shape index (κ3) is 4.46. The lowest BCUT2D eigenvalue weighted by Crippen LogP contribution is -2.37. The molecule has 1 aromatic rings. The van der Waals surface area contributed by atoms with Gasteiger partial charge in [0.05, 0.1) is 18.1 Å². The second-order valence-corrected chi connectivity index (χ2v) is 4.52. The third-order valence-electron chi connectivity index (χ3n) is 1.95. The van der Waals surface area contributed by atoms with Crippen molar-refractivity contribution < 1.29 is 14.1 Å². The first-order chi connectivity index (χ1) is 7.79. The van der Waals surface area contributed by atoms with Crippen LogP contribution in [0.15, 0.2) is 18.2 Å². The monoisotopic (exact) mass is 242 g/mol. The highest BCUT2D eigenvalue weighted by Crippen LogP contribution is 2.18. The van der Waals surface area contributed by atoms with Crippen molar-refractivity contribution in [1.82, 2.24) is 0 Å². The number of halogens is 1. The van der Waals surface area contributed by atoms with Gasteiger partial charge in [-0.25, -0.2) is 0 Å². The summed E-state index contributed by atoms with van der Waals surface area (Å²) in [6.45, 7) is 4.12. The van der Waals surface area contributed by atoms with E-state index in [2.05, 4.69) is 0 Å². The van der Waals surface area contributed by atoms with Crippen LogP contribution in [-0.2, 0) is 11.3 Å². The van der Waals surface area contributed by atoms with E-state index < -0.39 is 22.0 Å². The molecule has 6 heteroatoms. The second-order valence-electron chi connectivity index (χ2n) is 4.52. The zero-order chi connectivity index (χ0) is 13.1. The van der Waals surface area contributed by atoms with Crippen LogP contribution >= 0.6 is 0 Å². The number of nitrogens with two attached hydrogens (primary N) is 1. The van der Waals surface area contributed by atoms with Crippen molar-refractivity contribution in [2.75, 3.05) is 6.61 Å². The molecule has 2 N–H and O–H groups in total. The quantitative estimate of drug-likeness (QED) is 0.632. The zero-order valence-corrected chi connectivity index (χ0v) is 9.77. The molecule has 0 unspecified atom stereocenters. The van der Waals surface area contributed by atoms with Crippen LogP contribution in [0.3, 0.4) is 0 Å². The second kappa shape index (κ2) is 5.20.